The van der Waals surface area contributed by atoms with E-state index in [0.29, 0.717) is 6.04 Å². The zero-order valence-corrected chi connectivity index (χ0v) is 13.5. The topological polar surface area (TPSA) is 35.5 Å². The molecule has 1 atom stereocenters. The molecule has 0 saturated carbocycles. The molecule has 1 aliphatic heterocycles. The highest BCUT2D eigenvalue weighted by Crippen LogP contribution is 2.23. The monoisotopic (exact) mass is 290 g/mol. The van der Waals surface area contributed by atoms with Crippen LogP contribution in [0.5, 0.6) is 0 Å². The Morgan fingerprint density at radius 3 is 2.76 bits per heavy atom. The average molecular weight is 290 g/mol. The second kappa shape index (κ2) is 8.40. The first-order valence-corrected chi connectivity index (χ1v) is 8.41. The number of benzene rings is 1. The molecule has 3 nitrogen and oxygen atoms in total. The van der Waals surface area contributed by atoms with Gasteiger partial charge < -0.3 is 15.3 Å². The molecular weight excluding hydrogens is 260 g/mol. The van der Waals surface area contributed by atoms with E-state index >= 15 is 0 Å². The summed E-state index contributed by atoms with van der Waals surface area (Å²) in [4.78, 5) is 2.54. The Morgan fingerprint density at radius 2 is 2.10 bits per heavy atom. The quantitative estimate of drug-likeness (QED) is 0.810. The maximum Gasteiger partial charge on any atom is 0.0434 e. The van der Waals surface area contributed by atoms with Gasteiger partial charge in [0, 0.05) is 18.3 Å². The van der Waals surface area contributed by atoms with Gasteiger partial charge in [0.2, 0.25) is 0 Å². The number of nitrogens with zero attached hydrogens (tertiary/aromatic N) is 1. The molecule has 2 rings (SSSR count). The minimum Gasteiger partial charge on any atom is -0.396 e. The molecule has 0 aliphatic carbocycles. The lowest BCUT2D eigenvalue weighted by atomic mass is 9.90. The fraction of sp³-hybridized carbons (Fsp3) is 0.667. The lowest BCUT2D eigenvalue weighted by Crippen LogP contribution is -2.39. The van der Waals surface area contributed by atoms with E-state index < -0.39 is 0 Å². The molecule has 1 aromatic carbocycles. The number of nitrogens with one attached hydrogen (secondary N) is 1. The van der Waals surface area contributed by atoms with Crippen LogP contribution in [0.4, 0.5) is 5.69 Å². The van der Waals surface area contributed by atoms with Gasteiger partial charge in [-0.15, -0.1) is 0 Å². The molecule has 1 aliphatic rings. The Labute approximate surface area is 129 Å². The van der Waals surface area contributed by atoms with Crippen molar-refractivity contribution in [2.45, 2.75) is 45.6 Å². The molecular formula is C18H30N2O. The predicted octanol–water partition coefficient (Wildman–Crippen LogP) is 3.14. The summed E-state index contributed by atoms with van der Waals surface area (Å²) in [5, 5.41) is 12.6. The molecule has 0 amide bonds. The minimum absolute atomic E-state index is 0.268. The Morgan fingerprint density at radius 1 is 1.33 bits per heavy atom. The van der Waals surface area contributed by atoms with Gasteiger partial charge in [0.1, 0.15) is 0 Å². The number of hydrogen-bond donors (Lipinski definition) is 2. The van der Waals surface area contributed by atoms with Crippen molar-refractivity contribution in [2.75, 3.05) is 31.6 Å². The van der Waals surface area contributed by atoms with E-state index in [1.54, 1.807) is 0 Å². The third-order valence-electron chi connectivity index (χ3n) is 4.73. The van der Waals surface area contributed by atoms with E-state index in [1.165, 1.54) is 43.7 Å². The normalized spacial score (nSPS) is 18.6. The Kier molecular flexibility index (Phi) is 6.52. The van der Waals surface area contributed by atoms with Crippen molar-refractivity contribution in [2.24, 2.45) is 5.92 Å². The van der Waals surface area contributed by atoms with Gasteiger partial charge in [-0.25, -0.2) is 0 Å². The highest BCUT2D eigenvalue weighted by atomic mass is 16.2. The Bertz CT molecular complexity index is 413. The van der Waals surface area contributed by atoms with Crippen molar-refractivity contribution in [3.63, 3.8) is 0 Å². The van der Waals surface area contributed by atoms with Gasteiger partial charge in [0.05, 0.1) is 0 Å². The summed E-state index contributed by atoms with van der Waals surface area (Å²) in [7, 11) is 0. The molecule has 3 heteroatoms. The number of rotatable bonds is 7. The van der Waals surface area contributed by atoms with E-state index in [9.17, 15) is 0 Å². The minimum atomic E-state index is 0.268. The molecule has 1 unspecified atom stereocenters. The first-order chi connectivity index (χ1) is 10.2. The zero-order chi connectivity index (χ0) is 15.1. The number of aliphatic hydroxyl groups is 1. The summed E-state index contributed by atoms with van der Waals surface area (Å²) in [6, 6.07) is 9.16. The number of piperidine rings is 1. The Balaban J connectivity index is 1.86. The van der Waals surface area contributed by atoms with Crippen LogP contribution in [0.2, 0.25) is 0 Å². The molecule has 1 fully saturated rings. The summed E-state index contributed by atoms with van der Waals surface area (Å²) in [6.45, 7) is 8.49. The van der Waals surface area contributed by atoms with E-state index in [2.05, 4.69) is 48.3 Å². The van der Waals surface area contributed by atoms with Gasteiger partial charge in [0.15, 0.2) is 0 Å². The molecule has 1 heterocycles. The summed E-state index contributed by atoms with van der Waals surface area (Å²) in [5.41, 5.74) is 2.53. The summed E-state index contributed by atoms with van der Waals surface area (Å²) >= 11 is 0. The molecule has 1 saturated heterocycles. The van der Waals surface area contributed by atoms with Crippen molar-refractivity contribution in [1.29, 1.82) is 0 Å². The van der Waals surface area contributed by atoms with Crippen molar-refractivity contribution in [1.82, 2.24) is 4.90 Å². The van der Waals surface area contributed by atoms with Gasteiger partial charge >= 0.3 is 0 Å². The third-order valence-corrected chi connectivity index (χ3v) is 4.73. The standard InChI is InChI=1S/C18H30N2O/c1-3-20-11-9-17(10-12-20)15(2)19-18-8-4-6-16(14-18)7-5-13-21/h4,6,8,14-15,17,19,21H,3,5,7,9-13H2,1-2H3. The maximum absolute atomic E-state index is 8.93. The molecule has 118 valence electrons. The van der Waals surface area contributed by atoms with Gasteiger partial charge in [0.25, 0.3) is 0 Å². The van der Waals surface area contributed by atoms with Crippen molar-refractivity contribution >= 4 is 5.69 Å². The van der Waals surface area contributed by atoms with Crippen LogP contribution in [0.25, 0.3) is 0 Å². The van der Waals surface area contributed by atoms with Gasteiger partial charge in [-0.2, -0.15) is 0 Å². The van der Waals surface area contributed by atoms with Crippen LogP contribution >= 0.6 is 0 Å². The maximum atomic E-state index is 8.93. The summed E-state index contributed by atoms with van der Waals surface area (Å²) in [5.74, 6) is 0.772. The van der Waals surface area contributed by atoms with Gasteiger partial charge in [-0.1, -0.05) is 19.1 Å². The van der Waals surface area contributed by atoms with Crippen LogP contribution in [-0.4, -0.2) is 42.3 Å². The van der Waals surface area contributed by atoms with Crippen LogP contribution < -0.4 is 5.32 Å². The Hall–Kier alpha value is -1.06. The lowest BCUT2D eigenvalue weighted by molar-refractivity contribution is 0.183. The second-order valence-electron chi connectivity index (χ2n) is 6.23. The third kappa shape index (κ3) is 5.01. The largest absolute Gasteiger partial charge is 0.396 e. The van der Waals surface area contributed by atoms with Crippen LogP contribution in [0.3, 0.4) is 0 Å². The predicted molar refractivity (Wildman–Crippen MR) is 89.8 cm³/mol. The second-order valence-corrected chi connectivity index (χ2v) is 6.23. The number of aryl methyl sites for hydroxylation is 1. The van der Waals surface area contributed by atoms with E-state index in [-0.39, 0.29) is 6.61 Å². The van der Waals surface area contributed by atoms with Crippen molar-refractivity contribution < 1.29 is 5.11 Å². The van der Waals surface area contributed by atoms with Gasteiger partial charge in [-0.3, -0.25) is 0 Å². The molecule has 0 spiro atoms. The fourth-order valence-corrected chi connectivity index (χ4v) is 3.25. The SMILES string of the molecule is CCN1CCC(C(C)Nc2cccc(CCCO)c2)CC1. The first kappa shape index (κ1) is 16.3. The van der Waals surface area contributed by atoms with Crippen molar-refractivity contribution in [3.05, 3.63) is 29.8 Å². The number of hydrogen-bond acceptors (Lipinski definition) is 3. The number of anilines is 1. The molecule has 0 aromatic heterocycles. The average Bonchev–Trinajstić information content (AvgIpc) is 2.53. The van der Waals surface area contributed by atoms with Crippen LogP contribution in [0.15, 0.2) is 24.3 Å². The fourth-order valence-electron chi connectivity index (χ4n) is 3.25. The highest BCUT2D eigenvalue weighted by Gasteiger charge is 2.22. The zero-order valence-electron chi connectivity index (χ0n) is 13.5. The smallest absolute Gasteiger partial charge is 0.0434 e. The van der Waals surface area contributed by atoms with Crippen LogP contribution in [0, 0.1) is 5.92 Å². The number of likely N-dealkylation sites (tertiary alicyclic amines) is 1. The molecule has 1 aromatic rings. The summed E-state index contributed by atoms with van der Waals surface area (Å²) in [6.07, 6.45) is 4.39. The molecule has 0 bridgehead atoms. The van der Waals surface area contributed by atoms with E-state index in [0.717, 1.165) is 18.8 Å². The van der Waals surface area contributed by atoms with Gasteiger partial charge in [-0.05, 0) is 75.9 Å². The number of aliphatic hydroxyl groups excluding tert-OH is 1. The molecule has 2 N–H and O–H groups in total. The van der Waals surface area contributed by atoms with E-state index in [4.69, 9.17) is 5.11 Å². The molecule has 0 radical (unpaired) electrons. The van der Waals surface area contributed by atoms with Crippen molar-refractivity contribution in [3.8, 4) is 0 Å². The van der Waals surface area contributed by atoms with E-state index in [1.807, 2.05) is 0 Å². The highest BCUT2D eigenvalue weighted by molar-refractivity contribution is 5.46. The first-order valence-electron chi connectivity index (χ1n) is 8.41. The lowest BCUT2D eigenvalue weighted by Gasteiger charge is -2.35. The molecule has 21 heavy (non-hydrogen) atoms. The van der Waals surface area contributed by atoms with Crippen LogP contribution in [-0.2, 0) is 6.42 Å². The van der Waals surface area contributed by atoms with Crippen LogP contribution in [0.1, 0.15) is 38.7 Å². The summed E-state index contributed by atoms with van der Waals surface area (Å²) < 4.78 is 0.